The van der Waals surface area contributed by atoms with Crippen LogP contribution in [0.5, 0.6) is 0 Å². The van der Waals surface area contributed by atoms with Crippen molar-refractivity contribution in [2.75, 3.05) is 12.3 Å². The molecule has 1 amide bonds. The second-order valence-corrected chi connectivity index (χ2v) is 4.28. The van der Waals surface area contributed by atoms with Gasteiger partial charge in [0.1, 0.15) is 0 Å². The molecule has 0 bridgehead atoms. The summed E-state index contributed by atoms with van der Waals surface area (Å²) in [6.45, 7) is 2.37. The molecule has 0 aromatic carbocycles. The lowest BCUT2D eigenvalue weighted by Gasteiger charge is -2.07. The monoisotopic (exact) mass is 256 g/mol. The Labute approximate surface area is 111 Å². The number of carbonyl (C=O) groups excluding carboxylic acids is 1. The number of hydrogen-bond acceptors (Lipinski definition) is 4. The van der Waals surface area contributed by atoms with E-state index in [1.54, 1.807) is 18.5 Å². The SMILES string of the molecule is Cc1cc(N)c(C(=O)NCCc2cccnc2)cn1. The number of nitrogens with zero attached hydrogens (tertiary/aromatic N) is 2. The lowest BCUT2D eigenvalue weighted by molar-refractivity contribution is 0.0954. The maximum Gasteiger partial charge on any atom is 0.254 e. The number of anilines is 1. The van der Waals surface area contributed by atoms with Crippen molar-refractivity contribution in [2.45, 2.75) is 13.3 Å². The third-order valence-corrected chi connectivity index (χ3v) is 2.74. The van der Waals surface area contributed by atoms with Crippen molar-refractivity contribution < 1.29 is 4.79 Å². The first-order valence-corrected chi connectivity index (χ1v) is 6.06. The van der Waals surface area contributed by atoms with Crippen LogP contribution < -0.4 is 11.1 Å². The smallest absolute Gasteiger partial charge is 0.254 e. The van der Waals surface area contributed by atoms with Crippen molar-refractivity contribution in [1.29, 1.82) is 0 Å². The van der Waals surface area contributed by atoms with Gasteiger partial charge >= 0.3 is 0 Å². The number of hydrogen-bond donors (Lipinski definition) is 2. The van der Waals surface area contributed by atoms with E-state index in [-0.39, 0.29) is 5.91 Å². The highest BCUT2D eigenvalue weighted by Gasteiger charge is 2.09. The summed E-state index contributed by atoms with van der Waals surface area (Å²) < 4.78 is 0. The molecular weight excluding hydrogens is 240 g/mol. The molecule has 0 radical (unpaired) electrons. The highest BCUT2D eigenvalue weighted by molar-refractivity contribution is 5.98. The minimum Gasteiger partial charge on any atom is -0.398 e. The van der Waals surface area contributed by atoms with Crippen LogP contribution in [0.15, 0.2) is 36.8 Å². The molecule has 5 heteroatoms. The van der Waals surface area contributed by atoms with Gasteiger partial charge in [0.2, 0.25) is 0 Å². The van der Waals surface area contributed by atoms with Crippen LogP contribution in [0.4, 0.5) is 5.69 Å². The van der Waals surface area contributed by atoms with Gasteiger partial charge in [-0.15, -0.1) is 0 Å². The molecule has 2 heterocycles. The molecule has 0 aliphatic heterocycles. The summed E-state index contributed by atoms with van der Waals surface area (Å²) >= 11 is 0. The van der Waals surface area contributed by atoms with Crippen molar-refractivity contribution in [3.05, 3.63) is 53.6 Å². The average Bonchev–Trinajstić information content (AvgIpc) is 2.39. The van der Waals surface area contributed by atoms with Crippen LogP contribution in [0.3, 0.4) is 0 Å². The summed E-state index contributed by atoms with van der Waals surface area (Å²) in [4.78, 5) is 20.0. The maximum absolute atomic E-state index is 11.9. The Kier molecular flexibility index (Phi) is 4.07. The molecule has 0 atom stereocenters. The number of nitrogens with two attached hydrogens (primary N) is 1. The van der Waals surface area contributed by atoms with Gasteiger partial charge < -0.3 is 11.1 Å². The van der Waals surface area contributed by atoms with Crippen LogP contribution in [-0.4, -0.2) is 22.4 Å². The average molecular weight is 256 g/mol. The quantitative estimate of drug-likeness (QED) is 0.865. The van der Waals surface area contributed by atoms with Gasteiger partial charge in [-0.1, -0.05) is 6.07 Å². The Morgan fingerprint density at radius 3 is 2.95 bits per heavy atom. The van der Waals surface area contributed by atoms with Gasteiger partial charge in [0.15, 0.2) is 0 Å². The first-order chi connectivity index (χ1) is 9.16. The summed E-state index contributed by atoms with van der Waals surface area (Å²) in [5.41, 5.74) is 8.54. The maximum atomic E-state index is 11.9. The molecule has 98 valence electrons. The second-order valence-electron chi connectivity index (χ2n) is 4.28. The van der Waals surface area contributed by atoms with Crippen molar-refractivity contribution in [3.8, 4) is 0 Å². The number of amides is 1. The zero-order valence-corrected chi connectivity index (χ0v) is 10.8. The largest absolute Gasteiger partial charge is 0.398 e. The molecule has 0 fully saturated rings. The van der Waals surface area contributed by atoms with E-state index in [4.69, 9.17) is 5.73 Å². The number of nitrogen functional groups attached to an aromatic ring is 1. The summed E-state index contributed by atoms with van der Waals surface area (Å²) in [6.07, 6.45) is 5.75. The van der Waals surface area contributed by atoms with Gasteiger partial charge in [0.05, 0.1) is 5.56 Å². The normalized spacial score (nSPS) is 10.2. The summed E-state index contributed by atoms with van der Waals surface area (Å²) in [5.74, 6) is -0.200. The van der Waals surface area contributed by atoms with E-state index in [1.165, 1.54) is 6.20 Å². The minimum absolute atomic E-state index is 0.200. The summed E-state index contributed by atoms with van der Waals surface area (Å²) in [5, 5.41) is 2.82. The van der Waals surface area contributed by atoms with Crippen molar-refractivity contribution in [3.63, 3.8) is 0 Å². The minimum atomic E-state index is -0.200. The lowest BCUT2D eigenvalue weighted by Crippen LogP contribution is -2.26. The number of pyridine rings is 2. The second kappa shape index (κ2) is 5.95. The molecule has 0 aliphatic carbocycles. The molecule has 5 nitrogen and oxygen atoms in total. The van der Waals surface area contributed by atoms with E-state index >= 15 is 0 Å². The molecule has 0 spiro atoms. The van der Waals surface area contributed by atoms with Crippen LogP contribution >= 0.6 is 0 Å². The van der Waals surface area contributed by atoms with E-state index in [0.717, 1.165) is 17.7 Å². The molecule has 0 saturated heterocycles. The van der Waals surface area contributed by atoms with Crippen LogP contribution in [-0.2, 0) is 6.42 Å². The highest BCUT2D eigenvalue weighted by Crippen LogP contribution is 2.10. The molecule has 3 N–H and O–H groups in total. The van der Waals surface area contributed by atoms with Crippen molar-refractivity contribution in [2.24, 2.45) is 0 Å². The molecule has 0 saturated carbocycles. The zero-order valence-electron chi connectivity index (χ0n) is 10.8. The van der Waals surface area contributed by atoms with E-state index < -0.39 is 0 Å². The van der Waals surface area contributed by atoms with Gasteiger partial charge in [-0.25, -0.2) is 0 Å². The third-order valence-electron chi connectivity index (χ3n) is 2.74. The Hall–Kier alpha value is -2.43. The summed E-state index contributed by atoms with van der Waals surface area (Å²) in [6, 6.07) is 5.54. The number of rotatable bonds is 4. The molecular formula is C14H16N4O. The lowest BCUT2D eigenvalue weighted by atomic mass is 10.2. The fourth-order valence-corrected chi connectivity index (χ4v) is 1.73. The molecule has 0 aliphatic rings. The Bertz CT molecular complexity index is 569. The molecule has 2 aromatic rings. The summed E-state index contributed by atoms with van der Waals surface area (Å²) in [7, 11) is 0. The predicted molar refractivity (Wildman–Crippen MR) is 73.7 cm³/mol. The first-order valence-electron chi connectivity index (χ1n) is 6.06. The Balaban J connectivity index is 1.91. The number of aromatic nitrogens is 2. The molecule has 2 rings (SSSR count). The Morgan fingerprint density at radius 2 is 2.26 bits per heavy atom. The molecule has 2 aromatic heterocycles. The number of aryl methyl sites for hydroxylation is 1. The Morgan fingerprint density at radius 1 is 1.42 bits per heavy atom. The van der Waals surface area contributed by atoms with Crippen LogP contribution in [0.25, 0.3) is 0 Å². The van der Waals surface area contributed by atoms with Gasteiger partial charge in [-0.2, -0.15) is 0 Å². The number of carbonyl (C=O) groups is 1. The topological polar surface area (TPSA) is 80.9 Å². The van der Waals surface area contributed by atoms with Gasteiger partial charge in [0, 0.05) is 36.5 Å². The van der Waals surface area contributed by atoms with Crippen LogP contribution in [0, 0.1) is 6.92 Å². The van der Waals surface area contributed by atoms with Gasteiger partial charge in [0.25, 0.3) is 5.91 Å². The van der Waals surface area contributed by atoms with E-state index in [9.17, 15) is 4.79 Å². The number of nitrogens with one attached hydrogen (secondary N) is 1. The van der Waals surface area contributed by atoms with Gasteiger partial charge in [-0.05, 0) is 31.0 Å². The van der Waals surface area contributed by atoms with E-state index in [1.807, 2.05) is 19.1 Å². The van der Waals surface area contributed by atoms with Crippen LogP contribution in [0.1, 0.15) is 21.6 Å². The van der Waals surface area contributed by atoms with E-state index in [0.29, 0.717) is 17.8 Å². The standard InChI is InChI=1S/C14H16N4O/c1-10-7-13(15)12(9-18-10)14(19)17-6-4-11-3-2-5-16-8-11/h2-3,5,7-9H,4,6H2,1H3,(H2,15,18)(H,17,19). The first kappa shape index (κ1) is 13.0. The van der Waals surface area contributed by atoms with Crippen molar-refractivity contribution >= 4 is 11.6 Å². The predicted octanol–water partition coefficient (Wildman–Crippen LogP) is 1.34. The zero-order chi connectivity index (χ0) is 13.7. The van der Waals surface area contributed by atoms with Crippen LogP contribution in [0.2, 0.25) is 0 Å². The third kappa shape index (κ3) is 3.51. The molecule has 0 unspecified atom stereocenters. The molecule has 19 heavy (non-hydrogen) atoms. The van der Waals surface area contributed by atoms with Gasteiger partial charge in [-0.3, -0.25) is 14.8 Å². The van der Waals surface area contributed by atoms with Crippen molar-refractivity contribution in [1.82, 2.24) is 15.3 Å². The fraction of sp³-hybridized carbons (Fsp3) is 0.214. The highest BCUT2D eigenvalue weighted by atomic mass is 16.1. The fourth-order valence-electron chi connectivity index (χ4n) is 1.73. The van der Waals surface area contributed by atoms with E-state index in [2.05, 4.69) is 15.3 Å².